The molecule has 6 nitrogen and oxygen atoms in total. The summed E-state index contributed by atoms with van der Waals surface area (Å²) in [5.74, 6) is -0.396. The van der Waals surface area contributed by atoms with Crippen LogP contribution in [0.15, 0.2) is 83.1 Å². The van der Waals surface area contributed by atoms with Gasteiger partial charge < -0.3 is 0 Å². The lowest BCUT2D eigenvalue weighted by Crippen LogP contribution is -2.36. The van der Waals surface area contributed by atoms with E-state index >= 15 is 0 Å². The molecule has 1 aromatic heterocycles. The lowest BCUT2D eigenvalue weighted by atomic mass is 10.2. The molecule has 0 atom stereocenters. The molecule has 10 heteroatoms. The third-order valence-electron chi connectivity index (χ3n) is 5.41. The van der Waals surface area contributed by atoms with Crippen molar-refractivity contribution in [2.75, 3.05) is 5.32 Å². The maximum absolute atomic E-state index is 13.3. The normalized spacial score (nSPS) is 11.7. The number of sulfonamides is 1. The highest BCUT2D eigenvalue weighted by molar-refractivity contribution is 7.89. The molecule has 1 heterocycles. The van der Waals surface area contributed by atoms with Crippen molar-refractivity contribution in [1.82, 2.24) is 9.29 Å². The second kappa shape index (κ2) is 11.1. The van der Waals surface area contributed by atoms with E-state index in [2.05, 4.69) is 10.3 Å². The first-order valence-corrected chi connectivity index (χ1v) is 14.1. The van der Waals surface area contributed by atoms with Crippen LogP contribution in [0.5, 0.6) is 0 Å². The summed E-state index contributed by atoms with van der Waals surface area (Å²) < 4.78 is 28.1. The van der Waals surface area contributed by atoms with Gasteiger partial charge in [-0.1, -0.05) is 53.5 Å². The molecule has 0 aliphatic carbocycles. The van der Waals surface area contributed by atoms with Gasteiger partial charge in [-0.2, -0.15) is 4.31 Å². The van der Waals surface area contributed by atoms with E-state index in [1.54, 1.807) is 23.6 Å². The molecular formula is C26H23Cl2N3O3S2. The zero-order chi connectivity index (χ0) is 25.9. The fourth-order valence-corrected chi connectivity index (χ4v) is 6.38. The Hall–Kier alpha value is -2.75. The second-order valence-corrected chi connectivity index (χ2v) is 11.9. The molecule has 4 rings (SSSR count). The fraction of sp³-hybridized carbons (Fsp3) is 0.154. The van der Waals surface area contributed by atoms with E-state index in [9.17, 15) is 13.2 Å². The Morgan fingerprint density at radius 1 is 1.03 bits per heavy atom. The minimum Gasteiger partial charge on any atom is -0.298 e. The largest absolute Gasteiger partial charge is 0.298 e. The lowest BCUT2D eigenvalue weighted by Gasteiger charge is -2.26. The number of carbonyl (C=O) groups excluding carboxylic acids is 1. The molecule has 0 saturated heterocycles. The quantitative estimate of drug-likeness (QED) is 0.253. The number of amides is 1. The topological polar surface area (TPSA) is 79.4 Å². The minimum absolute atomic E-state index is 0.123. The van der Waals surface area contributed by atoms with Crippen LogP contribution in [0.4, 0.5) is 5.13 Å². The zero-order valence-electron chi connectivity index (χ0n) is 19.5. The van der Waals surface area contributed by atoms with Crippen LogP contribution in [-0.4, -0.2) is 29.7 Å². The Balaban J connectivity index is 1.49. The standard InChI is InChI=1S/C26H23Cl2N3O3S2/c1-17(2)31(15-18-6-4-3-5-7-18)36(33,34)21-11-8-19(9-12-21)25(32)30-26-29-24(16-35-26)22-13-10-20(27)14-23(22)28/h3-14,16-17H,15H2,1-2H3,(H,29,30,32). The molecule has 0 bridgehead atoms. The van der Waals surface area contributed by atoms with Gasteiger partial charge >= 0.3 is 0 Å². The van der Waals surface area contributed by atoms with Gasteiger partial charge in [0.1, 0.15) is 0 Å². The Bertz CT molecular complexity index is 1470. The summed E-state index contributed by atoms with van der Waals surface area (Å²) in [6.07, 6.45) is 0. The Morgan fingerprint density at radius 3 is 2.36 bits per heavy atom. The maximum Gasteiger partial charge on any atom is 0.257 e. The SMILES string of the molecule is CC(C)N(Cc1ccccc1)S(=O)(=O)c1ccc(C(=O)Nc2nc(-c3ccc(Cl)cc3Cl)cs2)cc1. The summed E-state index contributed by atoms with van der Waals surface area (Å²) in [7, 11) is -3.76. The predicted molar refractivity (Wildman–Crippen MR) is 146 cm³/mol. The van der Waals surface area contributed by atoms with Crippen molar-refractivity contribution in [3.63, 3.8) is 0 Å². The Labute approximate surface area is 224 Å². The van der Waals surface area contributed by atoms with E-state index in [-0.39, 0.29) is 17.5 Å². The summed E-state index contributed by atoms with van der Waals surface area (Å²) in [6, 6.07) is 20.2. The highest BCUT2D eigenvalue weighted by Crippen LogP contribution is 2.32. The van der Waals surface area contributed by atoms with Crippen molar-refractivity contribution in [1.29, 1.82) is 0 Å². The molecule has 1 amide bonds. The molecule has 4 aromatic rings. The van der Waals surface area contributed by atoms with E-state index in [4.69, 9.17) is 23.2 Å². The van der Waals surface area contributed by atoms with Crippen LogP contribution >= 0.6 is 34.5 Å². The summed E-state index contributed by atoms with van der Waals surface area (Å²) >= 11 is 13.5. The number of hydrogen-bond acceptors (Lipinski definition) is 5. The molecule has 186 valence electrons. The number of aromatic nitrogens is 1. The van der Waals surface area contributed by atoms with Crippen molar-refractivity contribution < 1.29 is 13.2 Å². The molecule has 0 aliphatic heterocycles. The van der Waals surface area contributed by atoms with Gasteiger partial charge in [0.05, 0.1) is 15.6 Å². The number of thiazole rings is 1. The molecule has 3 aromatic carbocycles. The van der Waals surface area contributed by atoms with Crippen LogP contribution in [-0.2, 0) is 16.6 Å². The zero-order valence-corrected chi connectivity index (χ0v) is 22.6. The molecule has 1 N–H and O–H groups in total. The Morgan fingerprint density at radius 2 is 1.72 bits per heavy atom. The average Bonchev–Trinajstić information content (AvgIpc) is 3.31. The molecule has 36 heavy (non-hydrogen) atoms. The number of hydrogen-bond donors (Lipinski definition) is 1. The third kappa shape index (κ3) is 5.96. The van der Waals surface area contributed by atoms with E-state index < -0.39 is 15.9 Å². The van der Waals surface area contributed by atoms with Crippen molar-refractivity contribution in [2.24, 2.45) is 0 Å². The average molecular weight is 561 g/mol. The van der Waals surface area contributed by atoms with Crippen LogP contribution in [0.3, 0.4) is 0 Å². The van der Waals surface area contributed by atoms with Gasteiger partial charge in [0.15, 0.2) is 5.13 Å². The van der Waals surface area contributed by atoms with Crippen molar-refractivity contribution in [3.05, 3.63) is 99.3 Å². The number of nitrogens with one attached hydrogen (secondary N) is 1. The summed E-state index contributed by atoms with van der Waals surface area (Å²) in [6.45, 7) is 3.93. The smallest absolute Gasteiger partial charge is 0.257 e. The Kier molecular flexibility index (Phi) is 8.12. The van der Waals surface area contributed by atoms with Gasteiger partial charge in [-0.25, -0.2) is 13.4 Å². The van der Waals surface area contributed by atoms with Gasteiger partial charge in [-0.05, 0) is 61.9 Å². The van der Waals surface area contributed by atoms with Gasteiger partial charge in [0.25, 0.3) is 5.91 Å². The maximum atomic E-state index is 13.3. The number of nitrogens with zero attached hydrogens (tertiary/aromatic N) is 2. The molecule has 0 aliphatic rings. The predicted octanol–water partition coefficient (Wildman–Crippen LogP) is 6.97. The highest BCUT2D eigenvalue weighted by Gasteiger charge is 2.27. The number of carbonyl (C=O) groups is 1. The monoisotopic (exact) mass is 559 g/mol. The minimum atomic E-state index is -3.76. The van der Waals surface area contributed by atoms with Gasteiger partial charge in [0, 0.05) is 34.1 Å². The summed E-state index contributed by atoms with van der Waals surface area (Å²) in [5.41, 5.74) is 2.53. The molecule has 0 saturated carbocycles. The van der Waals surface area contributed by atoms with Crippen molar-refractivity contribution in [2.45, 2.75) is 31.3 Å². The lowest BCUT2D eigenvalue weighted by molar-refractivity contribution is 0.102. The fourth-order valence-electron chi connectivity index (χ4n) is 3.54. The second-order valence-electron chi connectivity index (χ2n) is 8.27. The van der Waals surface area contributed by atoms with Crippen LogP contribution in [0.25, 0.3) is 11.3 Å². The van der Waals surface area contributed by atoms with Crippen molar-refractivity contribution >= 4 is 55.6 Å². The first-order chi connectivity index (χ1) is 17.1. The summed E-state index contributed by atoms with van der Waals surface area (Å²) in [4.78, 5) is 17.3. The number of anilines is 1. The molecule has 0 unspecified atom stereocenters. The van der Waals surface area contributed by atoms with Gasteiger partial charge in [-0.3, -0.25) is 10.1 Å². The molecule has 0 spiro atoms. The van der Waals surface area contributed by atoms with E-state index in [1.807, 2.05) is 44.2 Å². The first-order valence-electron chi connectivity index (χ1n) is 11.0. The summed E-state index contributed by atoms with van der Waals surface area (Å²) in [5, 5.41) is 5.92. The molecular weight excluding hydrogens is 537 g/mol. The van der Waals surface area contributed by atoms with Crippen LogP contribution in [0.2, 0.25) is 10.0 Å². The van der Waals surface area contributed by atoms with Gasteiger partial charge in [0.2, 0.25) is 10.0 Å². The van der Waals surface area contributed by atoms with Crippen LogP contribution in [0, 0.1) is 0 Å². The van der Waals surface area contributed by atoms with Crippen LogP contribution in [0.1, 0.15) is 29.8 Å². The highest BCUT2D eigenvalue weighted by atomic mass is 35.5. The number of benzene rings is 3. The molecule has 0 fully saturated rings. The van der Waals surface area contributed by atoms with Gasteiger partial charge in [-0.15, -0.1) is 11.3 Å². The number of rotatable bonds is 8. The first kappa shape index (κ1) is 26.3. The third-order valence-corrected chi connectivity index (χ3v) is 8.75. The van der Waals surface area contributed by atoms with E-state index in [1.165, 1.54) is 39.9 Å². The molecule has 0 radical (unpaired) electrons. The number of halogens is 2. The van der Waals surface area contributed by atoms with Crippen molar-refractivity contribution in [3.8, 4) is 11.3 Å². The van der Waals surface area contributed by atoms with Crippen LogP contribution < -0.4 is 5.32 Å². The van der Waals surface area contributed by atoms with E-state index in [0.717, 1.165) is 5.56 Å². The van der Waals surface area contributed by atoms with E-state index in [0.29, 0.717) is 32.0 Å².